The molecular formula is C14H21N3O. The predicted octanol–water partition coefficient (Wildman–Crippen LogP) is 1.89. The van der Waals surface area contributed by atoms with Gasteiger partial charge in [-0.05, 0) is 24.0 Å². The lowest BCUT2D eigenvalue weighted by molar-refractivity contribution is 0.236. The number of nitrogens with two attached hydrogens (primary N) is 1. The predicted molar refractivity (Wildman–Crippen MR) is 72.0 cm³/mol. The van der Waals surface area contributed by atoms with Crippen LogP contribution >= 0.6 is 0 Å². The van der Waals surface area contributed by atoms with Gasteiger partial charge in [0.15, 0.2) is 0 Å². The maximum absolute atomic E-state index is 11.7. The topological polar surface area (TPSA) is 67.1 Å². The molecule has 0 bridgehead atoms. The van der Waals surface area contributed by atoms with Gasteiger partial charge in [0.1, 0.15) is 0 Å². The highest BCUT2D eigenvalue weighted by Crippen LogP contribution is 2.17. The Labute approximate surface area is 108 Å². The van der Waals surface area contributed by atoms with Gasteiger partial charge in [-0.1, -0.05) is 37.1 Å². The van der Waals surface area contributed by atoms with Gasteiger partial charge >= 0.3 is 6.03 Å². The van der Waals surface area contributed by atoms with Crippen LogP contribution < -0.4 is 16.4 Å². The maximum atomic E-state index is 11.7. The molecule has 98 valence electrons. The van der Waals surface area contributed by atoms with Crippen LogP contribution in [0.2, 0.25) is 0 Å². The number of nitrogens with one attached hydrogen (secondary N) is 2. The van der Waals surface area contributed by atoms with Crippen molar-refractivity contribution in [2.45, 2.75) is 44.8 Å². The number of urea groups is 1. The van der Waals surface area contributed by atoms with Crippen molar-refractivity contribution < 1.29 is 4.79 Å². The summed E-state index contributed by atoms with van der Waals surface area (Å²) in [6, 6.07) is 8.20. The van der Waals surface area contributed by atoms with Crippen molar-refractivity contribution in [3.05, 3.63) is 35.4 Å². The number of hydrogen-bond donors (Lipinski definition) is 3. The zero-order valence-electron chi connectivity index (χ0n) is 10.6. The zero-order chi connectivity index (χ0) is 12.8. The SMILES string of the molecule is NCc1ccccc1CNC(=O)NC1CCCC1. The minimum absolute atomic E-state index is 0.0753. The molecular weight excluding hydrogens is 226 g/mol. The highest BCUT2D eigenvalue weighted by molar-refractivity contribution is 5.74. The van der Waals surface area contributed by atoms with E-state index in [2.05, 4.69) is 10.6 Å². The summed E-state index contributed by atoms with van der Waals surface area (Å²) in [6.45, 7) is 1.04. The summed E-state index contributed by atoms with van der Waals surface area (Å²) >= 11 is 0. The third kappa shape index (κ3) is 3.47. The maximum Gasteiger partial charge on any atom is 0.315 e. The lowest BCUT2D eigenvalue weighted by Crippen LogP contribution is -2.40. The average Bonchev–Trinajstić information content (AvgIpc) is 2.89. The van der Waals surface area contributed by atoms with Crippen LogP contribution in [0.5, 0.6) is 0 Å². The first-order valence-electron chi connectivity index (χ1n) is 6.61. The van der Waals surface area contributed by atoms with Gasteiger partial charge in [-0.25, -0.2) is 4.79 Å². The van der Waals surface area contributed by atoms with Crippen molar-refractivity contribution in [2.75, 3.05) is 0 Å². The molecule has 4 N–H and O–H groups in total. The number of carbonyl (C=O) groups is 1. The van der Waals surface area contributed by atoms with Crippen molar-refractivity contribution in [1.29, 1.82) is 0 Å². The Hall–Kier alpha value is -1.55. The van der Waals surface area contributed by atoms with Crippen molar-refractivity contribution in [3.63, 3.8) is 0 Å². The first-order valence-corrected chi connectivity index (χ1v) is 6.61. The molecule has 0 aliphatic heterocycles. The van der Waals surface area contributed by atoms with E-state index in [-0.39, 0.29) is 6.03 Å². The average molecular weight is 247 g/mol. The van der Waals surface area contributed by atoms with Crippen LogP contribution in [0.25, 0.3) is 0 Å². The van der Waals surface area contributed by atoms with Gasteiger partial charge in [0.2, 0.25) is 0 Å². The monoisotopic (exact) mass is 247 g/mol. The molecule has 1 aliphatic rings. The Morgan fingerprint density at radius 1 is 1.22 bits per heavy atom. The van der Waals surface area contributed by atoms with E-state index < -0.39 is 0 Å². The second-order valence-corrected chi connectivity index (χ2v) is 4.78. The van der Waals surface area contributed by atoms with Crippen LogP contribution in [0.15, 0.2) is 24.3 Å². The molecule has 18 heavy (non-hydrogen) atoms. The third-order valence-corrected chi connectivity index (χ3v) is 3.47. The molecule has 0 spiro atoms. The Morgan fingerprint density at radius 2 is 1.89 bits per heavy atom. The number of amides is 2. The summed E-state index contributed by atoms with van der Waals surface area (Å²) < 4.78 is 0. The van der Waals surface area contributed by atoms with Crippen molar-refractivity contribution >= 4 is 6.03 Å². The molecule has 0 saturated heterocycles. The molecule has 4 nitrogen and oxygen atoms in total. The van der Waals surface area contributed by atoms with E-state index in [1.165, 1.54) is 12.8 Å². The van der Waals surface area contributed by atoms with E-state index in [1.54, 1.807) is 0 Å². The largest absolute Gasteiger partial charge is 0.335 e. The van der Waals surface area contributed by atoms with Gasteiger partial charge in [0.05, 0.1) is 0 Å². The highest BCUT2D eigenvalue weighted by Gasteiger charge is 2.16. The van der Waals surface area contributed by atoms with Gasteiger partial charge in [0.25, 0.3) is 0 Å². The molecule has 2 rings (SSSR count). The first-order chi connectivity index (χ1) is 8.79. The first kappa shape index (κ1) is 12.9. The lowest BCUT2D eigenvalue weighted by atomic mass is 10.1. The lowest BCUT2D eigenvalue weighted by Gasteiger charge is -2.14. The minimum atomic E-state index is -0.0753. The molecule has 1 saturated carbocycles. The molecule has 0 radical (unpaired) electrons. The molecule has 0 aromatic heterocycles. The fourth-order valence-corrected chi connectivity index (χ4v) is 2.41. The van der Waals surface area contributed by atoms with Crippen molar-refractivity contribution in [2.24, 2.45) is 5.73 Å². The fraction of sp³-hybridized carbons (Fsp3) is 0.500. The quantitative estimate of drug-likeness (QED) is 0.760. The van der Waals surface area contributed by atoms with Crippen LogP contribution in [-0.4, -0.2) is 12.1 Å². The summed E-state index contributed by atoms with van der Waals surface area (Å²) in [5, 5.41) is 5.90. The molecule has 0 unspecified atom stereocenters. The van der Waals surface area contributed by atoms with E-state index in [4.69, 9.17) is 5.73 Å². The Bertz CT molecular complexity index is 400. The summed E-state index contributed by atoms with van der Waals surface area (Å²) in [5.74, 6) is 0. The molecule has 1 fully saturated rings. The minimum Gasteiger partial charge on any atom is -0.335 e. The van der Waals surface area contributed by atoms with Crippen molar-refractivity contribution in [1.82, 2.24) is 10.6 Å². The van der Waals surface area contributed by atoms with E-state index in [1.807, 2.05) is 24.3 Å². The fourth-order valence-electron chi connectivity index (χ4n) is 2.41. The normalized spacial score (nSPS) is 15.6. The van der Waals surface area contributed by atoms with Crippen LogP contribution in [0.3, 0.4) is 0 Å². The Kier molecular flexibility index (Phi) is 4.59. The second-order valence-electron chi connectivity index (χ2n) is 4.78. The van der Waals surface area contributed by atoms with E-state index in [0.29, 0.717) is 19.1 Å². The summed E-state index contributed by atoms with van der Waals surface area (Å²) in [4.78, 5) is 11.7. The van der Waals surface area contributed by atoms with Gasteiger partial charge < -0.3 is 16.4 Å². The van der Waals surface area contributed by atoms with Crippen LogP contribution in [0, 0.1) is 0 Å². The molecule has 2 amide bonds. The number of hydrogen-bond acceptors (Lipinski definition) is 2. The number of benzene rings is 1. The van der Waals surface area contributed by atoms with Crippen LogP contribution in [-0.2, 0) is 13.1 Å². The number of carbonyl (C=O) groups excluding carboxylic acids is 1. The van der Waals surface area contributed by atoms with Gasteiger partial charge in [0, 0.05) is 19.1 Å². The Morgan fingerprint density at radius 3 is 2.56 bits per heavy atom. The summed E-state index contributed by atoms with van der Waals surface area (Å²) in [7, 11) is 0. The molecule has 1 aliphatic carbocycles. The Balaban J connectivity index is 1.81. The molecule has 0 atom stereocenters. The van der Waals surface area contributed by atoms with E-state index in [9.17, 15) is 4.79 Å². The van der Waals surface area contributed by atoms with Crippen LogP contribution in [0.1, 0.15) is 36.8 Å². The molecule has 1 aromatic rings. The standard InChI is InChI=1S/C14H21N3O/c15-9-11-5-1-2-6-12(11)10-16-14(18)17-13-7-3-4-8-13/h1-2,5-6,13H,3-4,7-10,15H2,(H2,16,17,18). The van der Waals surface area contributed by atoms with Gasteiger partial charge in [-0.2, -0.15) is 0 Å². The molecule has 0 heterocycles. The zero-order valence-corrected chi connectivity index (χ0v) is 10.6. The summed E-state index contributed by atoms with van der Waals surface area (Å²) in [5.41, 5.74) is 7.83. The summed E-state index contributed by atoms with van der Waals surface area (Å²) in [6.07, 6.45) is 4.65. The number of rotatable bonds is 4. The smallest absolute Gasteiger partial charge is 0.315 e. The van der Waals surface area contributed by atoms with Crippen LogP contribution in [0.4, 0.5) is 4.79 Å². The van der Waals surface area contributed by atoms with Gasteiger partial charge in [-0.3, -0.25) is 0 Å². The van der Waals surface area contributed by atoms with Crippen molar-refractivity contribution in [3.8, 4) is 0 Å². The molecule has 1 aromatic carbocycles. The van der Waals surface area contributed by atoms with Gasteiger partial charge in [-0.15, -0.1) is 0 Å². The molecule has 4 heteroatoms. The third-order valence-electron chi connectivity index (χ3n) is 3.47. The second kappa shape index (κ2) is 6.40. The highest BCUT2D eigenvalue weighted by atomic mass is 16.2. The van der Waals surface area contributed by atoms with E-state index in [0.717, 1.165) is 24.0 Å². The van der Waals surface area contributed by atoms with E-state index >= 15 is 0 Å².